The van der Waals surface area contributed by atoms with Crippen LogP contribution in [0.1, 0.15) is 32.0 Å². The average Bonchev–Trinajstić information content (AvgIpc) is 2.55. The number of fused-ring (bicyclic) bond motifs is 1. The molecule has 5 nitrogen and oxygen atoms in total. The summed E-state index contributed by atoms with van der Waals surface area (Å²) in [5.41, 5.74) is 1.66. The predicted molar refractivity (Wildman–Crippen MR) is 98.4 cm³/mol. The van der Waals surface area contributed by atoms with Gasteiger partial charge < -0.3 is 4.98 Å². The van der Waals surface area contributed by atoms with Crippen LogP contribution in [0.4, 0.5) is 0 Å². The second-order valence-electron chi connectivity index (χ2n) is 7.06. The van der Waals surface area contributed by atoms with E-state index in [2.05, 4.69) is 30.7 Å². The van der Waals surface area contributed by atoms with Gasteiger partial charge in [0.05, 0.1) is 15.9 Å². The van der Waals surface area contributed by atoms with Gasteiger partial charge in [-0.2, -0.15) is 0 Å². The number of hydrogen-bond donors (Lipinski definition) is 1. The van der Waals surface area contributed by atoms with Gasteiger partial charge in [-0.1, -0.05) is 45.0 Å². The molecule has 1 N–H and O–H groups in total. The summed E-state index contributed by atoms with van der Waals surface area (Å²) in [7, 11) is -3.65. The van der Waals surface area contributed by atoms with Crippen molar-refractivity contribution in [3.8, 4) is 0 Å². The normalized spacial score (nSPS) is 12.4. The van der Waals surface area contributed by atoms with Crippen molar-refractivity contribution in [2.75, 3.05) is 0 Å². The molecule has 1 aromatic heterocycles. The summed E-state index contributed by atoms with van der Waals surface area (Å²) >= 11 is 0. The highest BCUT2D eigenvalue weighted by atomic mass is 32.2. The number of benzene rings is 2. The van der Waals surface area contributed by atoms with Crippen molar-refractivity contribution in [3.05, 3.63) is 70.1 Å². The maximum absolute atomic E-state index is 12.7. The van der Waals surface area contributed by atoms with E-state index in [1.54, 1.807) is 36.4 Å². The van der Waals surface area contributed by atoms with Gasteiger partial charge >= 0.3 is 0 Å². The Labute approximate surface area is 146 Å². The Bertz CT molecular complexity index is 1080. The maximum Gasteiger partial charge on any atom is 0.271 e. The Balaban J connectivity index is 1.96. The van der Waals surface area contributed by atoms with Crippen molar-refractivity contribution < 1.29 is 8.42 Å². The predicted octanol–water partition coefficient (Wildman–Crippen LogP) is 3.19. The number of nitrogens with one attached hydrogen (secondary N) is 1. The molecule has 6 heteroatoms. The van der Waals surface area contributed by atoms with E-state index in [4.69, 9.17) is 0 Å². The Morgan fingerprint density at radius 2 is 1.64 bits per heavy atom. The topological polar surface area (TPSA) is 79.9 Å². The van der Waals surface area contributed by atoms with Gasteiger partial charge in [-0.25, -0.2) is 13.4 Å². The highest BCUT2D eigenvalue weighted by Gasteiger charge is 2.20. The number of hydrogen-bond acceptors (Lipinski definition) is 4. The molecule has 25 heavy (non-hydrogen) atoms. The minimum Gasteiger partial charge on any atom is -0.319 e. The molecule has 3 rings (SSSR count). The summed E-state index contributed by atoms with van der Waals surface area (Å²) in [5.74, 6) is -0.429. The second kappa shape index (κ2) is 6.11. The van der Waals surface area contributed by atoms with Crippen molar-refractivity contribution in [1.82, 2.24) is 9.97 Å². The lowest BCUT2D eigenvalue weighted by Crippen LogP contribution is -2.19. The van der Waals surface area contributed by atoms with Crippen LogP contribution in [0.2, 0.25) is 0 Å². The van der Waals surface area contributed by atoms with Crippen LogP contribution in [0.3, 0.4) is 0 Å². The Morgan fingerprint density at radius 3 is 2.28 bits per heavy atom. The first-order valence-electron chi connectivity index (χ1n) is 7.98. The molecule has 0 bridgehead atoms. The van der Waals surface area contributed by atoms with E-state index < -0.39 is 21.1 Å². The molecule has 0 atom stereocenters. The van der Waals surface area contributed by atoms with Crippen molar-refractivity contribution in [1.29, 1.82) is 0 Å². The van der Waals surface area contributed by atoms with Crippen LogP contribution in [-0.4, -0.2) is 18.4 Å². The van der Waals surface area contributed by atoms with E-state index in [0.717, 1.165) is 5.56 Å². The molecule has 0 fully saturated rings. The SMILES string of the molecule is CC(C)(C)c1ccc(S(=O)(=O)Cc2nc3ccccc3[nH]c2=O)cc1. The number of para-hydroxylation sites is 2. The number of rotatable bonds is 3. The number of H-pyrrole nitrogens is 1. The van der Waals surface area contributed by atoms with Crippen LogP contribution >= 0.6 is 0 Å². The monoisotopic (exact) mass is 356 g/mol. The van der Waals surface area contributed by atoms with Crippen LogP contribution in [0, 0.1) is 0 Å². The zero-order valence-electron chi connectivity index (χ0n) is 14.4. The summed E-state index contributed by atoms with van der Waals surface area (Å²) in [4.78, 5) is 19.2. The van der Waals surface area contributed by atoms with E-state index in [1.807, 2.05) is 12.1 Å². The fourth-order valence-electron chi connectivity index (χ4n) is 2.59. The number of aromatic amines is 1. The summed E-state index contributed by atoms with van der Waals surface area (Å²) in [6, 6.07) is 13.8. The number of aromatic nitrogens is 2. The third-order valence-corrected chi connectivity index (χ3v) is 5.72. The zero-order valence-corrected chi connectivity index (χ0v) is 15.2. The molecule has 1 heterocycles. The molecule has 0 spiro atoms. The van der Waals surface area contributed by atoms with Crippen LogP contribution in [0.5, 0.6) is 0 Å². The van der Waals surface area contributed by atoms with Gasteiger partial charge in [0.15, 0.2) is 9.84 Å². The molecule has 0 unspecified atom stereocenters. The smallest absolute Gasteiger partial charge is 0.271 e. The summed E-state index contributed by atoms with van der Waals surface area (Å²) < 4.78 is 25.3. The Kier molecular flexibility index (Phi) is 4.24. The minimum atomic E-state index is -3.65. The van der Waals surface area contributed by atoms with Gasteiger partial charge in [0.2, 0.25) is 0 Å². The molecule has 0 saturated heterocycles. The fourth-order valence-corrected chi connectivity index (χ4v) is 3.86. The molecule has 3 aromatic rings. The lowest BCUT2D eigenvalue weighted by Gasteiger charge is -2.19. The molecule has 0 radical (unpaired) electrons. The average molecular weight is 356 g/mol. The molecular weight excluding hydrogens is 336 g/mol. The molecule has 0 amide bonds. The minimum absolute atomic E-state index is 0.00130. The standard InChI is InChI=1S/C19H20N2O3S/c1-19(2,3)13-8-10-14(11-9-13)25(23,24)12-17-18(22)21-16-7-5-4-6-15(16)20-17/h4-11H,12H2,1-3H3,(H,21,22). The van der Waals surface area contributed by atoms with Crippen molar-refractivity contribution in [3.63, 3.8) is 0 Å². The number of sulfone groups is 1. The van der Waals surface area contributed by atoms with Crippen molar-refractivity contribution in [2.45, 2.75) is 36.8 Å². The highest BCUT2D eigenvalue weighted by Crippen LogP contribution is 2.24. The van der Waals surface area contributed by atoms with E-state index in [9.17, 15) is 13.2 Å². The summed E-state index contributed by atoms with van der Waals surface area (Å²) in [6.45, 7) is 6.19. The largest absolute Gasteiger partial charge is 0.319 e. The molecule has 130 valence electrons. The molecular formula is C19H20N2O3S. The van der Waals surface area contributed by atoms with E-state index in [-0.39, 0.29) is 16.0 Å². The van der Waals surface area contributed by atoms with Crippen LogP contribution in [0.15, 0.2) is 58.2 Å². The lowest BCUT2D eigenvalue weighted by atomic mass is 9.87. The quantitative estimate of drug-likeness (QED) is 0.781. The third kappa shape index (κ3) is 3.64. The van der Waals surface area contributed by atoms with Crippen LogP contribution in [-0.2, 0) is 21.0 Å². The highest BCUT2D eigenvalue weighted by molar-refractivity contribution is 7.90. The molecule has 0 aliphatic heterocycles. The maximum atomic E-state index is 12.7. The van der Waals surface area contributed by atoms with Gasteiger partial charge in [-0.05, 0) is 35.2 Å². The summed E-state index contributed by atoms with van der Waals surface area (Å²) in [5, 5.41) is 0. The molecule has 2 aromatic carbocycles. The lowest BCUT2D eigenvalue weighted by molar-refractivity contribution is 0.585. The molecule has 0 saturated carbocycles. The van der Waals surface area contributed by atoms with E-state index in [0.29, 0.717) is 11.0 Å². The van der Waals surface area contributed by atoms with Gasteiger partial charge in [0, 0.05) is 0 Å². The first kappa shape index (κ1) is 17.4. The van der Waals surface area contributed by atoms with Crippen molar-refractivity contribution >= 4 is 20.9 Å². The molecule has 0 aliphatic rings. The van der Waals surface area contributed by atoms with Gasteiger partial charge in [-0.15, -0.1) is 0 Å². The zero-order chi connectivity index (χ0) is 18.2. The van der Waals surface area contributed by atoms with Gasteiger partial charge in [-0.3, -0.25) is 4.79 Å². The van der Waals surface area contributed by atoms with E-state index >= 15 is 0 Å². The van der Waals surface area contributed by atoms with Crippen LogP contribution < -0.4 is 5.56 Å². The number of nitrogens with zero attached hydrogens (tertiary/aromatic N) is 1. The first-order valence-corrected chi connectivity index (χ1v) is 9.63. The van der Waals surface area contributed by atoms with Gasteiger partial charge in [0.1, 0.15) is 11.4 Å². The summed E-state index contributed by atoms with van der Waals surface area (Å²) in [6.07, 6.45) is 0. The van der Waals surface area contributed by atoms with E-state index in [1.165, 1.54) is 0 Å². The third-order valence-electron chi connectivity index (χ3n) is 4.08. The van der Waals surface area contributed by atoms with Crippen molar-refractivity contribution in [2.24, 2.45) is 0 Å². The first-order chi connectivity index (χ1) is 11.7. The Hall–Kier alpha value is -2.47. The van der Waals surface area contributed by atoms with Gasteiger partial charge in [0.25, 0.3) is 5.56 Å². The Morgan fingerprint density at radius 1 is 1.00 bits per heavy atom. The second-order valence-corrected chi connectivity index (χ2v) is 9.05. The van der Waals surface area contributed by atoms with Crippen LogP contribution in [0.25, 0.3) is 11.0 Å². The fraction of sp³-hybridized carbons (Fsp3) is 0.263. The molecule has 0 aliphatic carbocycles.